The molecule has 1 heterocycles. The van der Waals surface area contributed by atoms with Crippen molar-refractivity contribution in [3.05, 3.63) is 0 Å². The molecular weight excluding hydrogens is 135 g/mol. The molecule has 0 aromatic heterocycles. The maximum Gasteiger partial charge on any atom is 0.148 e. The monoisotopic (exact) mass is 140 g/mol. The van der Waals surface area contributed by atoms with Crippen LogP contribution in [0.1, 0.15) is 0 Å². The summed E-state index contributed by atoms with van der Waals surface area (Å²) in [6.07, 6.45) is 0. The second-order valence-corrected chi connectivity index (χ2v) is 5.98. The summed E-state index contributed by atoms with van der Waals surface area (Å²) in [5, 5.41) is 0. The maximum atomic E-state index is 5.04. The van der Waals surface area contributed by atoms with Crippen LogP contribution in [-0.2, 0) is 4.52 Å². The lowest BCUT2D eigenvalue weighted by molar-refractivity contribution is 0.407. The molecule has 1 aliphatic rings. The number of hydrogen-bond acceptors (Lipinski definition) is 3. The molecule has 6 heavy (non-hydrogen) atoms. The fourth-order valence-electron chi connectivity index (χ4n) is 0.268. The van der Waals surface area contributed by atoms with Crippen LogP contribution in [0.4, 0.5) is 0 Å². The standard InChI is InChI=1S/C2H5OPS2/c5-4-3-1-2-6-4/h5H,1-2H2. The summed E-state index contributed by atoms with van der Waals surface area (Å²) in [5.74, 6) is 1.13. The van der Waals surface area contributed by atoms with Crippen LogP contribution in [0, 0.1) is 0 Å². The molecule has 0 amide bonds. The van der Waals surface area contributed by atoms with Crippen molar-refractivity contribution in [2.75, 3.05) is 12.4 Å². The van der Waals surface area contributed by atoms with Crippen LogP contribution in [0.15, 0.2) is 0 Å². The van der Waals surface area contributed by atoms with Gasteiger partial charge in [0.15, 0.2) is 0 Å². The lowest BCUT2D eigenvalue weighted by atomic mass is 10.9. The molecule has 1 nitrogen and oxygen atoms in total. The zero-order chi connectivity index (χ0) is 4.41. The van der Waals surface area contributed by atoms with E-state index in [0.29, 0.717) is 0 Å². The SMILES string of the molecule is SP1OCCS1. The summed E-state index contributed by atoms with van der Waals surface area (Å²) in [4.78, 5) is 0. The van der Waals surface area contributed by atoms with Crippen LogP contribution in [-0.4, -0.2) is 12.4 Å². The fraction of sp³-hybridized carbons (Fsp3) is 1.00. The van der Waals surface area contributed by atoms with Crippen molar-refractivity contribution in [3.63, 3.8) is 0 Å². The van der Waals surface area contributed by atoms with Crippen LogP contribution in [0.25, 0.3) is 0 Å². The molecule has 0 bridgehead atoms. The summed E-state index contributed by atoms with van der Waals surface area (Å²) in [5.41, 5.74) is 0. The van der Waals surface area contributed by atoms with E-state index in [1.807, 2.05) is 0 Å². The van der Waals surface area contributed by atoms with Crippen LogP contribution in [0.3, 0.4) is 0 Å². The Hall–Kier alpha value is 1.09. The largest absolute Gasteiger partial charge is 0.338 e. The molecular formula is C2H5OPS2. The summed E-state index contributed by atoms with van der Waals surface area (Å²) < 4.78 is 5.04. The Balaban J connectivity index is 2.18. The van der Waals surface area contributed by atoms with Crippen molar-refractivity contribution in [1.29, 1.82) is 0 Å². The first-order valence-corrected chi connectivity index (χ1v) is 5.65. The van der Waals surface area contributed by atoms with Gasteiger partial charge in [0.1, 0.15) is 6.55 Å². The molecule has 0 spiro atoms. The Morgan fingerprint density at radius 3 is 2.83 bits per heavy atom. The molecule has 0 aromatic carbocycles. The van der Waals surface area contributed by atoms with Crippen LogP contribution >= 0.6 is 30.2 Å². The van der Waals surface area contributed by atoms with E-state index in [1.54, 1.807) is 11.4 Å². The van der Waals surface area contributed by atoms with E-state index in [-0.39, 0.29) is 6.55 Å². The van der Waals surface area contributed by atoms with Crippen molar-refractivity contribution in [2.24, 2.45) is 0 Å². The topological polar surface area (TPSA) is 9.23 Å². The van der Waals surface area contributed by atoms with E-state index >= 15 is 0 Å². The number of rotatable bonds is 0. The van der Waals surface area contributed by atoms with Crippen molar-refractivity contribution in [2.45, 2.75) is 0 Å². The minimum atomic E-state index is -0.354. The third-order valence-electron chi connectivity index (χ3n) is 0.487. The molecule has 1 saturated heterocycles. The second kappa shape index (κ2) is 2.41. The molecule has 1 aliphatic heterocycles. The van der Waals surface area contributed by atoms with Crippen molar-refractivity contribution in [1.82, 2.24) is 0 Å². The van der Waals surface area contributed by atoms with E-state index in [1.165, 1.54) is 0 Å². The third kappa shape index (κ3) is 1.30. The first kappa shape index (κ1) is 5.23. The van der Waals surface area contributed by atoms with Gasteiger partial charge in [-0.2, -0.15) is 0 Å². The number of hydrogen-bond donors (Lipinski definition) is 1. The van der Waals surface area contributed by atoms with Gasteiger partial charge in [0.05, 0.1) is 6.61 Å². The maximum absolute atomic E-state index is 5.04. The molecule has 4 heteroatoms. The van der Waals surface area contributed by atoms with Crippen molar-refractivity contribution in [3.8, 4) is 0 Å². The van der Waals surface area contributed by atoms with E-state index in [4.69, 9.17) is 4.52 Å². The van der Waals surface area contributed by atoms with Gasteiger partial charge in [-0.25, -0.2) is 0 Å². The Bertz CT molecular complexity index is 44.8. The average molecular weight is 140 g/mol. The summed E-state index contributed by atoms with van der Waals surface area (Å²) in [6.45, 7) is 0.549. The third-order valence-corrected chi connectivity index (χ3v) is 4.37. The van der Waals surface area contributed by atoms with Crippen LogP contribution in [0.2, 0.25) is 0 Å². The quantitative estimate of drug-likeness (QED) is 0.406. The highest BCUT2D eigenvalue weighted by atomic mass is 33.1. The highest BCUT2D eigenvalue weighted by Gasteiger charge is 2.09. The number of thiol groups is 1. The molecule has 1 unspecified atom stereocenters. The first-order valence-electron chi connectivity index (χ1n) is 1.64. The molecule has 0 saturated carbocycles. The van der Waals surface area contributed by atoms with Gasteiger partial charge in [-0.15, -0.1) is 12.2 Å². The molecule has 0 aliphatic carbocycles. The van der Waals surface area contributed by atoms with Gasteiger partial charge in [0, 0.05) is 5.75 Å². The zero-order valence-corrected chi connectivity index (χ0v) is 5.73. The van der Waals surface area contributed by atoms with Crippen molar-refractivity contribution >= 4 is 30.2 Å². The summed E-state index contributed by atoms with van der Waals surface area (Å²) in [7, 11) is 0. The molecule has 1 atom stereocenters. The minimum Gasteiger partial charge on any atom is -0.338 e. The Kier molecular flexibility index (Phi) is 2.10. The molecule has 1 rings (SSSR count). The predicted octanol–water partition coefficient (Wildman–Crippen LogP) is 1.91. The van der Waals surface area contributed by atoms with Crippen LogP contribution < -0.4 is 0 Å². The van der Waals surface area contributed by atoms with E-state index < -0.39 is 0 Å². The van der Waals surface area contributed by atoms with E-state index in [9.17, 15) is 0 Å². The average Bonchev–Trinajstić information content (AvgIpc) is 1.86. The van der Waals surface area contributed by atoms with Crippen LogP contribution in [0.5, 0.6) is 0 Å². The highest BCUT2D eigenvalue weighted by molar-refractivity contribution is 8.82. The molecule has 0 N–H and O–H groups in total. The zero-order valence-electron chi connectivity index (χ0n) is 3.13. The molecule has 0 aromatic rings. The van der Waals surface area contributed by atoms with E-state index in [0.717, 1.165) is 12.4 Å². The van der Waals surface area contributed by atoms with Gasteiger partial charge in [0.25, 0.3) is 0 Å². The lowest BCUT2D eigenvalue weighted by Crippen LogP contribution is -1.74. The normalized spacial score (nSPS) is 34.5. The summed E-state index contributed by atoms with van der Waals surface area (Å²) in [6, 6.07) is 0. The Labute approximate surface area is 47.6 Å². The van der Waals surface area contributed by atoms with Gasteiger partial charge in [0.2, 0.25) is 0 Å². The highest BCUT2D eigenvalue weighted by Crippen LogP contribution is 2.58. The summed E-state index contributed by atoms with van der Waals surface area (Å²) >= 11 is 5.90. The van der Waals surface area contributed by atoms with E-state index in [2.05, 4.69) is 12.2 Å². The lowest BCUT2D eigenvalue weighted by Gasteiger charge is -1.91. The molecule has 1 fully saturated rings. The van der Waals surface area contributed by atoms with Crippen molar-refractivity contribution < 1.29 is 4.52 Å². The van der Waals surface area contributed by atoms with Gasteiger partial charge >= 0.3 is 0 Å². The predicted molar refractivity (Wildman–Crippen MR) is 34.3 cm³/mol. The Morgan fingerprint density at radius 2 is 2.67 bits per heavy atom. The smallest absolute Gasteiger partial charge is 0.148 e. The Morgan fingerprint density at radius 1 is 1.83 bits per heavy atom. The van der Waals surface area contributed by atoms with Gasteiger partial charge in [-0.1, -0.05) is 11.4 Å². The molecule has 36 valence electrons. The molecule has 0 radical (unpaired) electrons. The minimum absolute atomic E-state index is 0.354. The van der Waals surface area contributed by atoms with Gasteiger partial charge in [-0.3, -0.25) is 0 Å². The van der Waals surface area contributed by atoms with Gasteiger partial charge in [-0.05, 0) is 0 Å². The first-order chi connectivity index (χ1) is 2.89. The second-order valence-electron chi connectivity index (χ2n) is 0.904. The fourth-order valence-corrected chi connectivity index (χ4v) is 3.15. The van der Waals surface area contributed by atoms with Gasteiger partial charge < -0.3 is 4.52 Å².